The van der Waals surface area contributed by atoms with E-state index in [1.54, 1.807) is 0 Å². The van der Waals surface area contributed by atoms with Gasteiger partial charge in [0, 0.05) is 6.42 Å². The number of hydrogen-bond acceptors (Lipinski definition) is 3. The Morgan fingerprint density at radius 3 is 2.86 bits per heavy atom. The van der Waals surface area contributed by atoms with Gasteiger partial charge < -0.3 is 15.3 Å². The Balaban J connectivity index is 2.67. The SMILES string of the molecule is Cc1cccc2c(O)c(CCN)oc12. The summed E-state index contributed by atoms with van der Waals surface area (Å²) in [7, 11) is 0. The number of rotatable bonds is 2. The summed E-state index contributed by atoms with van der Waals surface area (Å²) in [5.74, 6) is 0.811. The Bertz CT molecular complexity index is 460. The summed E-state index contributed by atoms with van der Waals surface area (Å²) in [6.07, 6.45) is 0.569. The van der Waals surface area contributed by atoms with Crippen LogP contribution < -0.4 is 5.73 Å². The van der Waals surface area contributed by atoms with Crippen LogP contribution in [0.3, 0.4) is 0 Å². The summed E-state index contributed by atoms with van der Waals surface area (Å²) < 4.78 is 5.54. The van der Waals surface area contributed by atoms with Crippen molar-refractivity contribution in [2.45, 2.75) is 13.3 Å². The maximum absolute atomic E-state index is 9.80. The van der Waals surface area contributed by atoms with Crippen molar-refractivity contribution in [2.24, 2.45) is 5.73 Å². The van der Waals surface area contributed by atoms with Gasteiger partial charge in [-0.25, -0.2) is 0 Å². The molecule has 0 fully saturated rings. The van der Waals surface area contributed by atoms with Crippen LogP contribution in [0.2, 0.25) is 0 Å². The lowest BCUT2D eigenvalue weighted by Gasteiger charge is -1.91. The molecule has 3 nitrogen and oxygen atoms in total. The Labute approximate surface area is 82.1 Å². The topological polar surface area (TPSA) is 59.4 Å². The number of fused-ring (bicyclic) bond motifs is 1. The zero-order valence-corrected chi connectivity index (χ0v) is 8.08. The van der Waals surface area contributed by atoms with Crippen LogP contribution in [0.4, 0.5) is 0 Å². The molecule has 0 aliphatic carbocycles. The third kappa shape index (κ3) is 1.26. The van der Waals surface area contributed by atoms with E-state index in [-0.39, 0.29) is 5.75 Å². The van der Waals surface area contributed by atoms with E-state index in [1.807, 2.05) is 25.1 Å². The molecule has 0 spiro atoms. The summed E-state index contributed by atoms with van der Waals surface area (Å²) in [5.41, 5.74) is 7.20. The van der Waals surface area contributed by atoms with Gasteiger partial charge in [0.1, 0.15) is 11.3 Å². The average Bonchev–Trinajstić information content (AvgIpc) is 2.48. The molecule has 3 N–H and O–H groups in total. The van der Waals surface area contributed by atoms with Crippen LogP contribution in [0.5, 0.6) is 5.75 Å². The predicted octanol–water partition coefficient (Wildman–Crippen LogP) is 1.95. The highest BCUT2D eigenvalue weighted by molar-refractivity contribution is 5.87. The van der Waals surface area contributed by atoms with Gasteiger partial charge in [-0.05, 0) is 25.1 Å². The lowest BCUT2D eigenvalue weighted by molar-refractivity contribution is 0.441. The third-order valence-electron chi connectivity index (χ3n) is 2.33. The van der Waals surface area contributed by atoms with E-state index in [0.717, 1.165) is 16.5 Å². The van der Waals surface area contributed by atoms with Gasteiger partial charge in [0.25, 0.3) is 0 Å². The van der Waals surface area contributed by atoms with Gasteiger partial charge in [-0.3, -0.25) is 0 Å². The van der Waals surface area contributed by atoms with Gasteiger partial charge in [0.15, 0.2) is 5.75 Å². The molecule has 74 valence electrons. The number of benzene rings is 1. The standard InChI is InChI=1S/C11H13NO2/c1-7-3-2-4-8-10(13)9(5-6-12)14-11(7)8/h2-4,13H,5-6,12H2,1H3. The van der Waals surface area contributed by atoms with E-state index in [9.17, 15) is 5.11 Å². The maximum Gasteiger partial charge on any atom is 0.165 e. The Morgan fingerprint density at radius 1 is 1.43 bits per heavy atom. The van der Waals surface area contributed by atoms with Crippen molar-refractivity contribution in [1.29, 1.82) is 0 Å². The van der Waals surface area contributed by atoms with E-state index < -0.39 is 0 Å². The number of aromatic hydroxyl groups is 1. The highest BCUT2D eigenvalue weighted by Gasteiger charge is 2.13. The molecule has 14 heavy (non-hydrogen) atoms. The van der Waals surface area contributed by atoms with E-state index in [4.69, 9.17) is 10.2 Å². The molecular formula is C11H13NO2. The van der Waals surface area contributed by atoms with Gasteiger partial charge in [-0.1, -0.05) is 12.1 Å². The smallest absolute Gasteiger partial charge is 0.165 e. The van der Waals surface area contributed by atoms with Crippen molar-refractivity contribution in [3.8, 4) is 5.75 Å². The minimum atomic E-state index is 0.231. The molecule has 1 aromatic carbocycles. The van der Waals surface area contributed by atoms with Crippen LogP contribution in [-0.2, 0) is 6.42 Å². The van der Waals surface area contributed by atoms with Gasteiger partial charge >= 0.3 is 0 Å². The van der Waals surface area contributed by atoms with Crippen molar-refractivity contribution in [1.82, 2.24) is 0 Å². The molecule has 2 aromatic rings. The second-order valence-electron chi connectivity index (χ2n) is 3.36. The minimum absolute atomic E-state index is 0.231. The van der Waals surface area contributed by atoms with Crippen LogP contribution in [0.25, 0.3) is 11.0 Å². The summed E-state index contributed by atoms with van der Waals surface area (Å²) >= 11 is 0. The molecule has 0 aliphatic heterocycles. The molecule has 3 heteroatoms. The summed E-state index contributed by atoms with van der Waals surface area (Å²) in [6, 6.07) is 5.71. The first-order valence-electron chi connectivity index (χ1n) is 4.64. The molecule has 2 rings (SSSR count). The normalized spacial score (nSPS) is 11.0. The molecule has 0 aliphatic rings. The summed E-state index contributed by atoms with van der Waals surface area (Å²) in [5, 5.41) is 10.6. The Hall–Kier alpha value is -1.48. The molecule has 0 saturated heterocycles. The van der Waals surface area contributed by atoms with Gasteiger partial charge in [0.2, 0.25) is 0 Å². The van der Waals surface area contributed by atoms with Crippen LogP contribution in [-0.4, -0.2) is 11.7 Å². The Kier molecular flexibility index (Phi) is 2.17. The first-order valence-corrected chi connectivity index (χ1v) is 4.64. The first-order chi connectivity index (χ1) is 6.74. The first kappa shape index (κ1) is 9.09. The molecule has 0 bridgehead atoms. The van der Waals surface area contributed by atoms with Gasteiger partial charge in [-0.2, -0.15) is 0 Å². The van der Waals surface area contributed by atoms with Crippen LogP contribution >= 0.6 is 0 Å². The van der Waals surface area contributed by atoms with Crippen molar-refractivity contribution >= 4 is 11.0 Å². The van der Waals surface area contributed by atoms with Crippen molar-refractivity contribution in [2.75, 3.05) is 6.54 Å². The maximum atomic E-state index is 9.80. The number of aryl methyl sites for hydroxylation is 1. The van der Waals surface area contributed by atoms with Crippen LogP contribution in [0.1, 0.15) is 11.3 Å². The lowest BCUT2D eigenvalue weighted by atomic mass is 10.1. The molecular weight excluding hydrogens is 178 g/mol. The highest BCUT2D eigenvalue weighted by Crippen LogP contribution is 2.33. The second kappa shape index (κ2) is 3.35. The fourth-order valence-corrected chi connectivity index (χ4v) is 1.60. The van der Waals surface area contributed by atoms with Gasteiger partial charge in [-0.15, -0.1) is 0 Å². The fraction of sp³-hybridized carbons (Fsp3) is 0.273. The largest absolute Gasteiger partial charge is 0.504 e. The highest BCUT2D eigenvalue weighted by atomic mass is 16.4. The van der Waals surface area contributed by atoms with E-state index in [1.165, 1.54) is 0 Å². The minimum Gasteiger partial charge on any atom is -0.504 e. The number of furan rings is 1. The monoisotopic (exact) mass is 191 g/mol. The van der Waals surface area contributed by atoms with Crippen LogP contribution in [0.15, 0.2) is 22.6 Å². The number of hydrogen-bond donors (Lipinski definition) is 2. The van der Waals surface area contributed by atoms with Crippen molar-refractivity contribution in [3.63, 3.8) is 0 Å². The zero-order valence-electron chi connectivity index (χ0n) is 8.08. The second-order valence-corrected chi connectivity index (χ2v) is 3.36. The molecule has 0 atom stereocenters. The van der Waals surface area contributed by atoms with Crippen LogP contribution in [0, 0.1) is 6.92 Å². The Morgan fingerprint density at radius 2 is 2.21 bits per heavy atom. The molecule has 0 radical (unpaired) electrons. The molecule has 0 unspecified atom stereocenters. The molecule has 0 amide bonds. The van der Waals surface area contributed by atoms with Gasteiger partial charge in [0.05, 0.1) is 5.39 Å². The number of para-hydroxylation sites is 1. The molecule has 1 aromatic heterocycles. The molecule has 1 heterocycles. The summed E-state index contributed by atoms with van der Waals surface area (Å²) in [4.78, 5) is 0. The average molecular weight is 191 g/mol. The van der Waals surface area contributed by atoms with E-state index >= 15 is 0 Å². The summed E-state index contributed by atoms with van der Waals surface area (Å²) in [6.45, 7) is 2.43. The molecule has 0 saturated carbocycles. The quantitative estimate of drug-likeness (QED) is 0.762. The number of nitrogens with two attached hydrogens (primary N) is 1. The van der Waals surface area contributed by atoms with E-state index in [0.29, 0.717) is 18.7 Å². The van der Waals surface area contributed by atoms with Crippen molar-refractivity contribution < 1.29 is 9.52 Å². The third-order valence-corrected chi connectivity index (χ3v) is 2.33. The van der Waals surface area contributed by atoms with E-state index in [2.05, 4.69) is 0 Å². The lowest BCUT2D eigenvalue weighted by Crippen LogP contribution is -2.01. The predicted molar refractivity (Wildman–Crippen MR) is 55.4 cm³/mol. The zero-order chi connectivity index (χ0) is 10.1. The fourth-order valence-electron chi connectivity index (χ4n) is 1.60. The van der Waals surface area contributed by atoms with Crippen molar-refractivity contribution in [3.05, 3.63) is 29.5 Å².